The molecule has 3 aromatic rings. The van der Waals surface area contributed by atoms with E-state index in [1.165, 1.54) is 36.0 Å². The minimum absolute atomic E-state index is 0.151. The first-order valence-electron chi connectivity index (χ1n) is 9.78. The Hall–Kier alpha value is -3.20. The molecule has 0 unspecified atom stereocenters. The van der Waals surface area contributed by atoms with Gasteiger partial charge in [0, 0.05) is 31.7 Å². The second-order valence-corrected chi connectivity index (χ2v) is 7.88. The molecular weight excluding hydrogens is 419 g/mol. The number of aryl methyl sites for hydroxylation is 1. The summed E-state index contributed by atoms with van der Waals surface area (Å²) in [5.74, 6) is 0.289. The average Bonchev–Trinajstić information content (AvgIpc) is 3.33. The van der Waals surface area contributed by atoms with Gasteiger partial charge in [-0.25, -0.2) is 14.4 Å². The molecule has 3 heterocycles. The van der Waals surface area contributed by atoms with Gasteiger partial charge >= 0.3 is 0 Å². The van der Waals surface area contributed by atoms with E-state index in [1.54, 1.807) is 35.1 Å². The summed E-state index contributed by atoms with van der Waals surface area (Å²) in [4.78, 5) is 38.3. The van der Waals surface area contributed by atoms with Gasteiger partial charge in [0.05, 0.1) is 17.5 Å². The Morgan fingerprint density at radius 2 is 1.65 bits per heavy atom. The van der Waals surface area contributed by atoms with Gasteiger partial charge in [-0.3, -0.25) is 9.59 Å². The summed E-state index contributed by atoms with van der Waals surface area (Å²) < 4.78 is 18.5. The topological polar surface area (TPSA) is 79.5 Å². The van der Waals surface area contributed by atoms with Crippen LogP contribution < -0.4 is 0 Å². The zero-order valence-corrected chi connectivity index (χ0v) is 18.0. The van der Waals surface area contributed by atoms with Crippen molar-refractivity contribution in [3.8, 4) is 11.6 Å². The second-order valence-electron chi connectivity index (χ2n) is 7.09. The molecule has 1 saturated heterocycles. The van der Waals surface area contributed by atoms with Gasteiger partial charge in [0.25, 0.3) is 11.8 Å². The van der Waals surface area contributed by atoms with E-state index in [2.05, 4.69) is 9.97 Å². The number of benzene rings is 1. The molecule has 0 bridgehead atoms. The monoisotopic (exact) mass is 440 g/mol. The third-order valence-corrected chi connectivity index (χ3v) is 5.83. The van der Waals surface area contributed by atoms with Crippen molar-refractivity contribution in [1.82, 2.24) is 19.8 Å². The summed E-state index contributed by atoms with van der Waals surface area (Å²) in [5, 5.41) is 0.591. The van der Waals surface area contributed by atoms with E-state index < -0.39 is 0 Å². The highest BCUT2D eigenvalue weighted by Gasteiger charge is 2.29. The molecule has 9 heteroatoms. The lowest BCUT2D eigenvalue weighted by Gasteiger charge is -2.35. The first-order valence-corrected chi connectivity index (χ1v) is 11.0. The number of hydrogen-bond donors (Lipinski definition) is 0. The van der Waals surface area contributed by atoms with E-state index in [1.807, 2.05) is 6.26 Å². The summed E-state index contributed by atoms with van der Waals surface area (Å²) in [6, 6.07) is 9.02. The van der Waals surface area contributed by atoms with Crippen molar-refractivity contribution < 1.29 is 18.4 Å². The summed E-state index contributed by atoms with van der Waals surface area (Å²) >= 11 is 1.38. The van der Waals surface area contributed by atoms with E-state index in [-0.39, 0.29) is 17.6 Å². The number of carbonyl (C=O) groups excluding carboxylic acids is 2. The quantitative estimate of drug-likeness (QED) is 0.456. The predicted octanol–water partition coefficient (Wildman–Crippen LogP) is 3.50. The molecule has 2 amide bonds. The van der Waals surface area contributed by atoms with Crippen LogP contribution in [0.3, 0.4) is 0 Å². The number of hydrogen-bond acceptors (Lipinski definition) is 6. The normalized spacial score (nSPS) is 14.0. The molecule has 4 rings (SSSR count). The molecule has 0 saturated carbocycles. The molecule has 7 nitrogen and oxygen atoms in total. The fraction of sp³-hybridized carbons (Fsp3) is 0.273. The van der Waals surface area contributed by atoms with Crippen molar-refractivity contribution in [1.29, 1.82) is 0 Å². The van der Waals surface area contributed by atoms with Gasteiger partial charge < -0.3 is 14.2 Å². The van der Waals surface area contributed by atoms with Gasteiger partial charge in [-0.1, -0.05) is 0 Å². The highest BCUT2D eigenvalue weighted by molar-refractivity contribution is 7.98. The first-order chi connectivity index (χ1) is 15.0. The molecule has 1 fully saturated rings. The average molecular weight is 441 g/mol. The lowest BCUT2D eigenvalue weighted by molar-refractivity contribution is 0.0532. The molecule has 0 radical (unpaired) electrons. The number of piperazine rings is 1. The Labute approximate surface area is 183 Å². The van der Waals surface area contributed by atoms with Crippen LogP contribution in [0, 0.1) is 12.7 Å². The van der Waals surface area contributed by atoms with Gasteiger partial charge in [-0.15, -0.1) is 11.8 Å². The fourth-order valence-electron chi connectivity index (χ4n) is 3.50. The molecule has 0 aliphatic carbocycles. The zero-order valence-electron chi connectivity index (χ0n) is 17.2. The molecule has 0 spiro atoms. The van der Waals surface area contributed by atoms with Gasteiger partial charge in [0.15, 0.2) is 11.6 Å². The molecule has 0 atom stereocenters. The van der Waals surface area contributed by atoms with Gasteiger partial charge in [-0.05, 0) is 49.6 Å². The molecule has 1 aliphatic rings. The van der Waals surface area contributed by atoms with Gasteiger partial charge in [0.2, 0.25) is 0 Å². The molecule has 1 aliphatic heterocycles. The maximum atomic E-state index is 13.2. The summed E-state index contributed by atoms with van der Waals surface area (Å²) in [6.45, 7) is 3.40. The van der Waals surface area contributed by atoms with Crippen molar-refractivity contribution in [3.63, 3.8) is 0 Å². The van der Waals surface area contributed by atoms with Crippen LogP contribution >= 0.6 is 11.8 Å². The number of furan rings is 1. The van der Waals surface area contributed by atoms with Crippen molar-refractivity contribution >= 4 is 23.6 Å². The molecule has 160 valence electrons. The number of rotatable bonds is 4. The Bertz CT molecular complexity index is 1090. The maximum Gasteiger partial charge on any atom is 0.258 e. The smallest absolute Gasteiger partial charge is 0.258 e. The van der Waals surface area contributed by atoms with E-state index in [0.29, 0.717) is 59.6 Å². The van der Waals surface area contributed by atoms with Crippen LogP contribution in [0.4, 0.5) is 4.39 Å². The minimum Gasteiger partial charge on any atom is -0.461 e. The Kier molecular flexibility index (Phi) is 6.03. The summed E-state index contributed by atoms with van der Waals surface area (Å²) in [6.07, 6.45) is 3.42. The Balaban J connectivity index is 1.48. The Morgan fingerprint density at radius 3 is 2.23 bits per heavy atom. The number of carbonyl (C=O) groups is 2. The highest BCUT2D eigenvalue weighted by atomic mass is 32.2. The Morgan fingerprint density at radius 1 is 1.00 bits per heavy atom. The standard InChI is InChI=1S/C22H21FN4O3S/c1-14-18(20(31-2)25-19(24-14)17-4-3-13-30-17)22(29)27-11-9-26(10-12-27)21(28)15-5-7-16(23)8-6-15/h3-8,13H,9-12H2,1-2H3. The van der Waals surface area contributed by atoms with Crippen LogP contribution in [0.1, 0.15) is 26.4 Å². The molecule has 1 aromatic carbocycles. The van der Waals surface area contributed by atoms with Crippen LogP contribution in [0.2, 0.25) is 0 Å². The molecule has 31 heavy (non-hydrogen) atoms. The number of aromatic nitrogens is 2. The molecule has 2 aromatic heterocycles. The zero-order chi connectivity index (χ0) is 22.0. The van der Waals surface area contributed by atoms with Gasteiger partial charge in [-0.2, -0.15) is 0 Å². The maximum absolute atomic E-state index is 13.2. The predicted molar refractivity (Wildman–Crippen MR) is 114 cm³/mol. The van der Waals surface area contributed by atoms with Crippen LogP contribution in [-0.2, 0) is 0 Å². The lowest BCUT2D eigenvalue weighted by atomic mass is 10.1. The van der Waals surface area contributed by atoms with Crippen molar-refractivity contribution in [2.75, 3.05) is 32.4 Å². The van der Waals surface area contributed by atoms with Crippen LogP contribution in [0.5, 0.6) is 0 Å². The van der Waals surface area contributed by atoms with Crippen LogP contribution in [-0.4, -0.2) is 64.0 Å². The van der Waals surface area contributed by atoms with E-state index in [4.69, 9.17) is 4.42 Å². The van der Waals surface area contributed by atoms with Crippen molar-refractivity contribution in [2.24, 2.45) is 0 Å². The fourth-order valence-corrected chi connectivity index (χ4v) is 4.12. The van der Waals surface area contributed by atoms with Crippen LogP contribution in [0.15, 0.2) is 52.1 Å². The number of amides is 2. The van der Waals surface area contributed by atoms with E-state index in [9.17, 15) is 14.0 Å². The second kappa shape index (κ2) is 8.89. The lowest BCUT2D eigenvalue weighted by Crippen LogP contribution is -2.50. The highest BCUT2D eigenvalue weighted by Crippen LogP contribution is 2.26. The third-order valence-electron chi connectivity index (χ3n) is 5.15. The number of nitrogens with zero attached hydrogens (tertiary/aromatic N) is 4. The van der Waals surface area contributed by atoms with E-state index in [0.717, 1.165) is 0 Å². The summed E-state index contributed by atoms with van der Waals surface area (Å²) in [5.41, 5.74) is 1.49. The van der Waals surface area contributed by atoms with Crippen LogP contribution in [0.25, 0.3) is 11.6 Å². The largest absolute Gasteiger partial charge is 0.461 e. The van der Waals surface area contributed by atoms with Crippen molar-refractivity contribution in [2.45, 2.75) is 11.9 Å². The molecule has 0 N–H and O–H groups in total. The van der Waals surface area contributed by atoms with Gasteiger partial charge in [0.1, 0.15) is 10.8 Å². The summed E-state index contributed by atoms with van der Waals surface area (Å²) in [7, 11) is 0. The third kappa shape index (κ3) is 4.32. The minimum atomic E-state index is -0.382. The van der Waals surface area contributed by atoms with E-state index >= 15 is 0 Å². The number of halogens is 1. The molecular formula is C22H21FN4O3S. The van der Waals surface area contributed by atoms with Crippen molar-refractivity contribution in [3.05, 3.63) is 65.3 Å². The first kappa shape index (κ1) is 21.0. The number of thioether (sulfide) groups is 1. The SMILES string of the molecule is CSc1nc(-c2ccco2)nc(C)c1C(=O)N1CCN(C(=O)c2ccc(F)cc2)CC1.